The van der Waals surface area contributed by atoms with Crippen molar-refractivity contribution in [2.75, 3.05) is 5.32 Å². The van der Waals surface area contributed by atoms with E-state index in [1.54, 1.807) is 13.0 Å². The van der Waals surface area contributed by atoms with Crippen LogP contribution in [0, 0.1) is 0 Å². The van der Waals surface area contributed by atoms with Crippen LogP contribution in [-0.2, 0) is 4.79 Å². The Balaban J connectivity index is 2.82. The summed E-state index contributed by atoms with van der Waals surface area (Å²) in [7, 11) is 0. The van der Waals surface area contributed by atoms with E-state index < -0.39 is 6.04 Å². The van der Waals surface area contributed by atoms with E-state index in [4.69, 9.17) is 5.73 Å². The Hall–Kier alpha value is -0.390. The van der Waals surface area contributed by atoms with Crippen LogP contribution in [0.4, 0.5) is 5.69 Å². The zero-order valence-electron chi connectivity index (χ0n) is 7.55. The van der Waals surface area contributed by atoms with Crippen LogP contribution in [0.25, 0.3) is 0 Å². The second-order valence-corrected chi connectivity index (χ2v) is 4.67. The number of anilines is 1. The minimum atomic E-state index is -0.509. The molecular formula is C9H10Br2N2O. The van der Waals surface area contributed by atoms with Crippen molar-refractivity contribution in [3.63, 3.8) is 0 Å². The molecule has 0 aliphatic rings. The molecule has 0 aliphatic heterocycles. The molecule has 1 unspecified atom stereocenters. The fraction of sp³-hybridized carbons (Fsp3) is 0.222. The molecule has 0 aliphatic carbocycles. The fourth-order valence-electron chi connectivity index (χ4n) is 0.837. The third-order valence-corrected chi connectivity index (χ3v) is 2.75. The average Bonchev–Trinajstić information content (AvgIpc) is 2.09. The van der Waals surface area contributed by atoms with E-state index >= 15 is 0 Å². The van der Waals surface area contributed by atoms with Crippen LogP contribution in [0.5, 0.6) is 0 Å². The SMILES string of the molecule is CC(N)C(=O)Nc1ccc(Br)cc1Br. The highest BCUT2D eigenvalue weighted by Gasteiger charge is 2.09. The van der Waals surface area contributed by atoms with Crippen molar-refractivity contribution >= 4 is 43.5 Å². The molecule has 5 heteroatoms. The van der Waals surface area contributed by atoms with Gasteiger partial charge in [0.2, 0.25) is 5.91 Å². The van der Waals surface area contributed by atoms with E-state index in [1.807, 2.05) is 12.1 Å². The number of nitrogens with one attached hydrogen (secondary N) is 1. The maximum absolute atomic E-state index is 11.3. The van der Waals surface area contributed by atoms with Crippen molar-refractivity contribution in [3.8, 4) is 0 Å². The minimum Gasteiger partial charge on any atom is -0.324 e. The van der Waals surface area contributed by atoms with E-state index in [0.29, 0.717) is 0 Å². The number of halogens is 2. The highest BCUT2D eigenvalue weighted by Crippen LogP contribution is 2.26. The van der Waals surface area contributed by atoms with E-state index in [0.717, 1.165) is 14.6 Å². The van der Waals surface area contributed by atoms with Gasteiger partial charge in [0.1, 0.15) is 0 Å². The lowest BCUT2D eigenvalue weighted by Gasteiger charge is -2.09. The summed E-state index contributed by atoms with van der Waals surface area (Å²) >= 11 is 6.66. The molecule has 0 spiro atoms. The van der Waals surface area contributed by atoms with Crippen LogP contribution >= 0.6 is 31.9 Å². The van der Waals surface area contributed by atoms with Crippen molar-refractivity contribution in [1.82, 2.24) is 0 Å². The van der Waals surface area contributed by atoms with Gasteiger partial charge in [-0.2, -0.15) is 0 Å². The van der Waals surface area contributed by atoms with Crippen LogP contribution in [-0.4, -0.2) is 11.9 Å². The molecule has 0 aromatic heterocycles. The lowest BCUT2D eigenvalue weighted by atomic mass is 10.3. The third kappa shape index (κ3) is 3.08. The van der Waals surface area contributed by atoms with Crippen molar-refractivity contribution in [1.29, 1.82) is 0 Å². The molecule has 14 heavy (non-hydrogen) atoms. The summed E-state index contributed by atoms with van der Waals surface area (Å²) in [4.78, 5) is 11.3. The number of benzene rings is 1. The van der Waals surface area contributed by atoms with E-state index in [9.17, 15) is 4.79 Å². The van der Waals surface area contributed by atoms with Crippen LogP contribution in [0.3, 0.4) is 0 Å². The van der Waals surface area contributed by atoms with Crippen LogP contribution in [0.2, 0.25) is 0 Å². The molecule has 0 saturated carbocycles. The normalized spacial score (nSPS) is 12.3. The summed E-state index contributed by atoms with van der Waals surface area (Å²) in [6.45, 7) is 1.64. The highest BCUT2D eigenvalue weighted by molar-refractivity contribution is 9.11. The molecule has 1 amide bonds. The number of amides is 1. The first-order valence-electron chi connectivity index (χ1n) is 4.02. The lowest BCUT2D eigenvalue weighted by molar-refractivity contribution is -0.117. The van der Waals surface area contributed by atoms with Gasteiger partial charge in [0.15, 0.2) is 0 Å². The highest BCUT2D eigenvalue weighted by atomic mass is 79.9. The minimum absolute atomic E-state index is 0.201. The van der Waals surface area contributed by atoms with Crippen molar-refractivity contribution in [2.24, 2.45) is 5.73 Å². The van der Waals surface area contributed by atoms with Gasteiger partial charge in [-0.3, -0.25) is 4.79 Å². The Kier molecular flexibility index (Phi) is 4.10. The third-order valence-electron chi connectivity index (χ3n) is 1.60. The summed E-state index contributed by atoms with van der Waals surface area (Å²) in [5.41, 5.74) is 6.15. The Morgan fingerprint density at radius 1 is 1.50 bits per heavy atom. The van der Waals surface area contributed by atoms with Gasteiger partial charge >= 0.3 is 0 Å². The number of hydrogen-bond donors (Lipinski definition) is 2. The Bertz CT molecular complexity index is 353. The van der Waals surface area contributed by atoms with Gasteiger partial charge in [-0.25, -0.2) is 0 Å². The van der Waals surface area contributed by atoms with E-state index in [2.05, 4.69) is 37.2 Å². The van der Waals surface area contributed by atoms with Gasteiger partial charge in [0.05, 0.1) is 11.7 Å². The molecule has 0 heterocycles. The topological polar surface area (TPSA) is 55.1 Å². The first-order chi connectivity index (χ1) is 6.50. The molecular weight excluding hydrogens is 312 g/mol. The molecule has 76 valence electrons. The van der Waals surface area contributed by atoms with Crippen molar-refractivity contribution in [3.05, 3.63) is 27.1 Å². The van der Waals surface area contributed by atoms with E-state index in [1.165, 1.54) is 0 Å². The maximum atomic E-state index is 11.3. The predicted octanol–water partition coefficient (Wildman–Crippen LogP) is 2.50. The second-order valence-electron chi connectivity index (χ2n) is 2.90. The average molecular weight is 322 g/mol. The van der Waals surface area contributed by atoms with Gasteiger partial charge in [-0.05, 0) is 41.1 Å². The summed E-state index contributed by atoms with van der Waals surface area (Å²) < 4.78 is 1.77. The zero-order valence-corrected chi connectivity index (χ0v) is 10.7. The van der Waals surface area contributed by atoms with Crippen LogP contribution < -0.4 is 11.1 Å². The number of carbonyl (C=O) groups excluding carboxylic acids is 1. The van der Waals surface area contributed by atoms with Crippen LogP contribution in [0.15, 0.2) is 27.1 Å². The standard InChI is InChI=1S/C9H10Br2N2O/c1-5(12)9(14)13-8-3-2-6(10)4-7(8)11/h2-5H,12H2,1H3,(H,13,14). The molecule has 0 fully saturated rings. The first kappa shape index (κ1) is 11.7. The van der Waals surface area contributed by atoms with E-state index in [-0.39, 0.29) is 5.91 Å². The van der Waals surface area contributed by atoms with Crippen LogP contribution in [0.1, 0.15) is 6.92 Å². The smallest absolute Gasteiger partial charge is 0.241 e. The molecule has 0 radical (unpaired) electrons. The number of nitrogens with two attached hydrogens (primary N) is 1. The van der Waals surface area contributed by atoms with Gasteiger partial charge in [0.25, 0.3) is 0 Å². The van der Waals surface area contributed by atoms with Gasteiger partial charge in [-0.1, -0.05) is 15.9 Å². The molecule has 0 bridgehead atoms. The summed E-state index contributed by atoms with van der Waals surface area (Å²) in [6, 6.07) is 5.00. The molecule has 3 nitrogen and oxygen atoms in total. The monoisotopic (exact) mass is 320 g/mol. The number of rotatable bonds is 2. The second kappa shape index (κ2) is 4.91. The molecule has 3 N–H and O–H groups in total. The quantitative estimate of drug-likeness (QED) is 0.879. The number of hydrogen-bond acceptors (Lipinski definition) is 2. The molecule has 1 rings (SSSR count). The molecule has 1 atom stereocenters. The Labute approximate surface area is 99.3 Å². The van der Waals surface area contributed by atoms with Gasteiger partial charge in [-0.15, -0.1) is 0 Å². The van der Waals surface area contributed by atoms with Gasteiger partial charge in [0, 0.05) is 8.95 Å². The first-order valence-corrected chi connectivity index (χ1v) is 5.61. The zero-order chi connectivity index (χ0) is 10.7. The summed E-state index contributed by atoms with van der Waals surface area (Å²) in [6.07, 6.45) is 0. The van der Waals surface area contributed by atoms with Gasteiger partial charge < -0.3 is 11.1 Å². The fourth-order valence-corrected chi connectivity index (χ4v) is 1.98. The maximum Gasteiger partial charge on any atom is 0.241 e. The van der Waals surface area contributed by atoms with Crippen molar-refractivity contribution in [2.45, 2.75) is 13.0 Å². The molecule has 1 aromatic carbocycles. The van der Waals surface area contributed by atoms with Crippen molar-refractivity contribution < 1.29 is 4.79 Å². The largest absolute Gasteiger partial charge is 0.324 e. The Morgan fingerprint density at radius 3 is 2.64 bits per heavy atom. The lowest BCUT2D eigenvalue weighted by Crippen LogP contribution is -2.32. The predicted molar refractivity (Wildman–Crippen MR) is 64.1 cm³/mol. The number of carbonyl (C=O) groups is 1. The Morgan fingerprint density at radius 2 is 2.14 bits per heavy atom. The molecule has 1 aromatic rings. The molecule has 0 saturated heterocycles. The summed E-state index contributed by atoms with van der Waals surface area (Å²) in [5, 5.41) is 2.71. The summed E-state index contributed by atoms with van der Waals surface area (Å²) in [5.74, 6) is -0.201.